The van der Waals surface area contributed by atoms with Gasteiger partial charge in [0.1, 0.15) is 6.54 Å². The Bertz CT molecular complexity index is 553. The van der Waals surface area contributed by atoms with Crippen LogP contribution in [0.2, 0.25) is 0 Å². The molecule has 2 rings (SSSR count). The molecule has 5 nitrogen and oxygen atoms in total. The first-order chi connectivity index (χ1) is 8.67. The van der Waals surface area contributed by atoms with E-state index in [-0.39, 0.29) is 12.5 Å². The number of halogens is 1. The molecule has 2 aromatic rings. The molecular formula is C12H13BrN4O. The molecule has 0 aliphatic carbocycles. The Morgan fingerprint density at radius 2 is 2.33 bits per heavy atom. The maximum Gasteiger partial charge on any atom is 0.244 e. The van der Waals surface area contributed by atoms with Gasteiger partial charge in [0.25, 0.3) is 0 Å². The Labute approximate surface area is 113 Å². The van der Waals surface area contributed by atoms with Gasteiger partial charge in [0.2, 0.25) is 5.91 Å². The van der Waals surface area contributed by atoms with E-state index in [1.165, 1.54) is 0 Å². The molecule has 1 amide bonds. The quantitative estimate of drug-likeness (QED) is 0.903. The van der Waals surface area contributed by atoms with E-state index in [0.717, 1.165) is 15.9 Å². The molecule has 0 atom stereocenters. The van der Waals surface area contributed by atoms with Gasteiger partial charge in [-0.3, -0.25) is 4.79 Å². The molecule has 0 saturated carbocycles. The van der Waals surface area contributed by atoms with Crippen LogP contribution < -0.4 is 11.1 Å². The van der Waals surface area contributed by atoms with E-state index < -0.39 is 0 Å². The van der Waals surface area contributed by atoms with Crippen molar-refractivity contribution in [2.24, 2.45) is 5.73 Å². The predicted molar refractivity (Wildman–Crippen MR) is 72.9 cm³/mol. The minimum Gasteiger partial charge on any atom is -0.328 e. The third kappa shape index (κ3) is 3.41. The molecule has 6 heteroatoms. The average molecular weight is 309 g/mol. The number of aromatic nitrogens is 2. The standard InChI is InChI=1S/C12H13BrN4O/c13-9-2-1-3-10(4-9)16-12(18)7-17-6-11(5-14)15-8-17/h1-4,6,8H,5,7,14H2,(H,16,18). The Morgan fingerprint density at radius 3 is 3.00 bits per heavy atom. The van der Waals surface area contributed by atoms with Gasteiger partial charge in [-0.05, 0) is 18.2 Å². The van der Waals surface area contributed by atoms with Crippen LogP contribution in [-0.4, -0.2) is 15.5 Å². The predicted octanol–water partition coefficient (Wildman–Crippen LogP) is 1.74. The third-order valence-corrected chi connectivity index (χ3v) is 2.82. The third-order valence-electron chi connectivity index (χ3n) is 2.33. The van der Waals surface area contributed by atoms with E-state index >= 15 is 0 Å². The highest BCUT2D eigenvalue weighted by atomic mass is 79.9. The van der Waals surface area contributed by atoms with Crippen LogP contribution in [0.25, 0.3) is 0 Å². The summed E-state index contributed by atoms with van der Waals surface area (Å²) in [7, 11) is 0. The van der Waals surface area contributed by atoms with Gasteiger partial charge in [-0.15, -0.1) is 0 Å². The topological polar surface area (TPSA) is 72.9 Å². The first kappa shape index (κ1) is 12.8. The number of imidazole rings is 1. The number of nitrogens with one attached hydrogen (secondary N) is 1. The van der Waals surface area contributed by atoms with E-state index in [2.05, 4.69) is 26.2 Å². The zero-order valence-corrected chi connectivity index (χ0v) is 11.2. The summed E-state index contributed by atoms with van der Waals surface area (Å²) in [6.45, 7) is 0.597. The van der Waals surface area contributed by atoms with Crippen LogP contribution in [0.15, 0.2) is 41.3 Å². The largest absolute Gasteiger partial charge is 0.328 e. The molecule has 18 heavy (non-hydrogen) atoms. The minimum atomic E-state index is -0.103. The summed E-state index contributed by atoms with van der Waals surface area (Å²) in [5.41, 5.74) is 6.98. The van der Waals surface area contributed by atoms with Crippen molar-refractivity contribution in [3.63, 3.8) is 0 Å². The van der Waals surface area contributed by atoms with Crippen LogP contribution in [0.3, 0.4) is 0 Å². The fourth-order valence-electron chi connectivity index (χ4n) is 1.53. The normalized spacial score (nSPS) is 10.3. The van der Waals surface area contributed by atoms with Gasteiger partial charge in [-0.2, -0.15) is 0 Å². The summed E-state index contributed by atoms with van der Waals surface area (Å²) >= 11 is 3.35. The fourth-order valence-corrected chi connectivity index (χ4v) is 1.93. The number of hydrogen-bond acceptors (Lipinski definition) is 3. The highest BCUT2D eigenvalue weighted by Gasteiger charge is 2.04. The number of carbonyl (C=O) groups excluding carboxylic acids is 1. The zero-order valence-electron chi connectivity index (χ0n) is 9.64. The van der Waals surface area contributed by atoms with Crippen LogP contribution in [0.5, 0.6) is 0 Å². The molecule has 0 radical (unpaired) electrons. The number of amides is 1. The van der Waals surface area contributed by atoms with Crippen molar-refractivity contribution in [2.75, 3.05) is 5.32 Å². The molecule has 0 saturated heterocycles. The van der Waals surface area contributed by atoms with Crippen LogP contribution in [0.4, 0.5) is 5.69 Å². The lowest BCUT2D eigenvalue weighted by atomic mass is 10.3. The summed E-state index contributed by atoms with van der Waals surface area (Å²) in [6.07, 6.45) is 3.36. The van der Waals surface area contributed by atoms with Crippen LogP contribution in [0, 0.1) is 0 Å². The SMILES string of the molecule is NCc1cn(CC(=O)Nc2cccc(Br)c2)cn1. The highest BCUT2D eigenvalue weighted by molar-refractivity contribution is 9.10. The Morgan fingerprint density at radius 1 is 1.50 bits per heavy atom. The van der Waals surface area contributed by atoms with Gasteiger partial charge in [0.05, 0.1) is 12.0 Å². The summed E-state index contributed by atoms with van der Waals surface area (Å²) in [5.74, 6) is -0.103. The second-order valence-electron chi connectivity index (χ2n) is 3.80. The van der Waals surface area contributed by atoms with Gasteiger partial charge in [0.15, 0.2) is 0 Å². The fraction of sp³-hybridized carbons (Fsp3) is 0.167. The summed E-state index contributed by atoms with van der Waals surface area (Å²) < 4.78 is 2.63. The number of anilines is 1. The maximum absolute atomic E-state index is 11.8. The van der Waals surface area contributed by atoms with Gasteiger partial charge < -0.3 is 15.6 Å². The van der Waals surface area contributed by atoms with Gasteiger partial charge >= 0.3 is 0 Å². The molecule has 1 aromatic carbocycles. The van der Waals surface area contributed by atoms with Crippen LogP contribution in [0.1, 0.15) is 5.69 Å². The highest BCUT2D eigenvalue weighted by Crippen LogP contribution is 2.15. The Balaban J connectivity index is 1.96. The summed E-state index contributed by atoms with van der Waals surface area (Å²) in [6, 6.07) is 7.45. The zero-order chi connectivity index (χ0) is 13.0. The van der Waals surface area contributed by atoms with Crippen molar-refractivity contribution in [2.45, 2.75) is 13.1 Å². The summed E-state index contributed by atoms with van der Waals surface area (Å²) in [5, 5.41) is 2.81. The summed E-state index contributed by atoms with van der Waals surface area (Å²) in [4.78, 5) is 15.8. The molecule has 0 fully saturated rings. The van der Waals surface area contributed by atoms with Crippen molar-refractivity contribution in [3.05, 3.63) is 47.0 Å². The van der Waals surface area contributed by atoms with E-state index in [1.54, 1.807) is 17.1 Å². The number of nitrogens with zero attached hydrogens (tertiary/aromatic N) is 2. The molecule has 0 bridgehead atoms. The first-order valence-corrected chi connectivity index (χ1v) is 6.23. The molecule has 0 aliphatic heterocycles. The van der Waals surface area contributed by atoms with Crippen molar-refractivity contribution < 1.29 is 4.79 Å². The maximum atomic E-state index is 11.8. The molecule has 3 N–H and O–H groups in total. The van der Waals surface area contributed by atoms with Crippen molar-refractivity contribution in [1.82, 2.24) is 9.55 Å². The van der Waals surface area contributed by atoms with Gasteiger partial charge in [0, 0.05) is 22.9 Å². The lowest BCUT2D eigenvalue weighted by Crippen LogP contribution is -2.17. The molecular weight excluding hydrogens is 296 g/mol. The molecule has 0 spiro atoms. The minimum absolute atomic E-state index is 0.103. The molecule has 94 valence electrons. The van der Waals surface area contributed by atoms with Crippen molar-refractivity contribution in [3.8, 4) is 0 Å². The number of rotatable bonds is 4. The second kappa shape index (κ2) is 5.79. The van der Waals surface area contributed by atoms with Crippen LogP contribution in [-0.2, 0) is 17.9 Å². The van der Waals surface area contributed by atoms with E-state index in [0.29, 0.717) is 6.54 Å². The molecule has 1 heterocycles. The monoisotopic (exact) mass is 308 g/mol. The van der Waals surface area contributed by atoms with Crippen LogP contribution >= 0.6 is 15.9 Å². The average Bonchev–Trinajstić information content (AvgIpc) is 2.76. The smallest absolute Gasteiger partial charge is 0.244 e. The number of carbonyl (C=O) groups is 1. The van der Waals surface area contributed by atoms with Gasteiger partial charge in [-0.1, -0.05) is 22.0 Å². The van der Waals surface area contributed by atoms with E-state index in [1.807, 2.05) is 24.3 Å². The first-order valence-electron chi connectivity index (χ1n) is 5.43. The Hall–Kier alpha value is -1.66. The number of benzene rings is 1. The van der Waals surface area contributed by atoms with Gasteiger partial charge in [-0.25, -0.2) is 4.98 Å². The van der Waals surface area contributed by atoms with E-state index in [4.69, 9.17) is 5.73 Å². The molecule has 0 aliphatic rings. The second-order valence-corrected chi connectivity index (χ2v) is 4.72. The number of hydrogen-bond donors (Lipinski definition) is 2. The lowest BCUT2D eigenvalue weighted by molar-refractivity contribution is -0.116. The van der Waals surface area contributed by atoms with Crippen molar-refractivity contribution in [1.29, 1.82) is 0 Å². The number of nitrogens with two attached hydrogens (primary N) is 1. The molecule has 1 aromatic heterocycles. The van der Waals surface area contributed by atoms with Crippen molar-refractivity contribution >= 4 is 27.5 Å². The molecule has 0 unspecified atom stereocenters. The van der Waals surface area contributed by atoms with E-state index in [9.17, 15) is 4.79 Å². The lowest BCUT2D eigenvalue weighted by Gasteiger charge is -2.05. The Kier molecular flexibility index (Phi) is 4.11.